The normalized spacial score (nSPS) is 13.7. The Morgan fingerprint density at radius 2 is 1.23 bits per heavy atom. The Morgan fingerprint density at radius 1 is 0.864 bits per heavy atom. The highest BCUT2D eigenvalue weighted by molar-refractivity contribution is 9.10. The van der Waals surface area contributed by atoms with Gasteiger partial charge in [-0.15, -0.1) is 0 Å². The Balaban J connectivity index is 2.25. The van der Waals surface area contributed by atoms with Crippen molar-refractivity contribution in [2.75, 3.05) is 0 Å². The lowest BCUT2D eigenvalue weighted by atomic mass is 9.86. The summed E-state index contributed by atoms with van der Waals surface area (Å²) in [7, 11) is 0. The van der Waals surface area contributed by atoms with E-state index in [2.05, 4.69) is 31.9 Å². The van der Waals surface area contributed by atoms with Crippen LogP contribution in [0, 0.1) is 0 Å². The van der Waals surface area contributed by atoms with Crippen molar-refractivity contribution in [3.05, 3.63) is 66.5 Å². The van der Waals surface area contributed by atoms with Crippen molar-refractivity contribution >= 4 is 60.8 Å². The lowest BCUT2D eigenvalue weighted by Crippen LogP contribution is -2.16. The molecule has 0 saturated heterocycles. The van der Waals surface area contributed by atoms with E-state index in [9.17, 15) is 4.79 Å². The topological polar surface area (TPSA) is 17.1 Å². The molecule has 22 heavy (non-hydrogen) atoms. The van der Waals surface area contributed by atoms with Gasteiger partial charge in [-0.1, -0.05) is 49.2 Å². The largest absolute Gasteiger partial charge is 0.298 e. The van der Waals surface area contributed by atoms with E-state index in [0.717, 1.165) is 20.1 Å². The fourth-order valence-corrected chi connectivity index (χ4v) is 3.30. The van der Waals surface area contributed by atoms with Crippen LogP contribution in [0.3, 0.4) is 0 Å². The predicted octanol–water partition coefficient (Wildman–Crippen LogP) is 6.99. The third kappa shape index (κ3) is 3.94. The van der Waals surface area contributed by atoms with Gasteiger partial charge in [-0.05, 0) is 67.3 Å². The Morgan fingerprint density at radius 3 is 1.55 bits per heavy atom. The number of rotatable bonds is 4. The minimum Gasteiger partial charge on any atom is -0.298 e. The van der Waals surface area contributed by atoms with Crippen LogP contribution >= 0.6 is 55.1 Å². The van der Waals surface area contributed by atoms with Crippen molar-refractivity contribution in [2.24, 2.45) is 0 Å². The molecule has 0 fully saturated rings. The van der Waals surface area contributed by atoms with E-state index < -0.39 is 0 Å². The molecular weight excluding hydrogens is 451 g/mol. The van der Waals surface area contributed by atoms with E-state index in [1.807, 2.05) is 38.1 Å². The summed E-state index contributed by atoms with van der Waals surface area (Å²) in [4.78, 5) is 12.7. The maximum absolute atomic E-state index is 12.7. The standard InChI is InChI=1S/C17H14Br2Cl2O/c1-9(11-3-5-15(20)13(18)7-11)17(22)10(2)12-4-6-16(21)14(19)8-12/h3-10H,1-2H3. The van der Waals surface area contributed by atoms with Gasteiger partial charge in [0, 0.05) is 20.8 Å². The van der Waals surface area contributed by atoms with Crippen molar-refractivity contribution < 1.29 is 4.79 Å². The molecule has 2 rings (SSSR count). The molecule has 0 radical (unpaired) electrons. The zero-order chi connectivity index (χ0) is 16.4. The molecule has 0 N–H and O–H groups in total. The maximum Gasteiger partial charge on any atom is 0.147 e. The molecule has 0 amide bonds. The van der Waals surface area contributed by atoms with Gasteiger partial charge in [-0.25, -0.2) is 0 Å². The second kappa shape index (κ2) is 7.48. The summed E-state index contributed by atoms with van der Waals surface area (Å²) in [6, 6.07) is 11.2. The van der Waals surface area contributed by atoms with Gasteiger partial charge in [0.15, 0.2) is 0 Å². The maximum atomic E-state index is 12.7. The first-order valence-electron chi connectivity index (χ1n) is 6.75. The van der Waals surface area contributed by atoms with Crippen LogP contribution in [0.15, 0.2) is 45.3 Å². The monoisotopic (exact) mass is 462 g/mol. The van der Waals surface area contributed by atoms with Crippen LogP contribution in [0.5, 0.6) is 0 Å². The van der Waals surface area contributed by atoms with E-state index in [4.69, 9.17) is 23.2 Å². The third-order valence-electron chi connectivity index (χ3n) is 3.74. The summed E-state index contributed by atoms with van der Waals surface area (Å²) in [6.07, 6.45) is 0. The summed E-state index contributed by atoms with van der Waals surface area (Å²) in [5, 5.41) is 1.27. The first-order chi connectivity index (χ1) is 10.3. The zero-order valence-corrected chi connectivity index (χ0v) is 16.7. The van der Waals surface area contributed by atoms with Crippen LogP contribution in [-0.2, 0) is 4.79 Å². The SMILES string of the molecule is CC(C(=O)C(C)c1ccc(Cl)c(Br)c1)c1ccc(Cl)c(Br)c1. The van der Waals surface area contributed by atoms with Gasteiger partial charge in [0.1, 0.15) is 5.78 Å². The van der Waals surface area contributed by atoms with Gasteiger partial charge in [0.05, 0.1) is 10.0 Å². The number of ketones is 1. The van der Waals surface area contributed by atoms with Gasteiger partial charge in [0.25, 0.3) is 0 Å². The molecule has 5 heteroatoms. The molecule has 2 unspecified atom stereocenters. The molecule has 0 aromatic heterocycles. The molecule has 0 saturated carbocycles. The van der Waals surface area contributed by atoms with Crippen LogP contribution in [0.25, 0.3) is 0 Å². The summed E-state index contributed by atoms with van der Waals surface area (Å²) in [5.41, 5.74) is 1.89. The third-order valence-corrected chi connectivity index (χ3v) is 6.17. The molecular formula is C17H14Br2Cl2O. The van der Waals surface area contributed by atoms with Gasteiger partial charge >= 0.3 is 0 Å². The Kier molecular flexibility index (Phi) is 6.12. The van der Waals surface area contributed by atoms with E-state index in [0.29, 0.717) is 10.0 Å². The molecule has 0 aliphatic rings. The number of Topliss-reactive ketones (excluding diaryl/α,β-unsaturated/α-hetero) is 1. The quantitative estimate of drug-likeness (QED) is 0.476. The van der Waals surface area contributed by atoms with Crippen molar-refractivity contribution in [1.29, 1.82) is 0 Å². The lowest BCUT2D eigenvalue weighted by molar-refractivity contribution is -0.121. The fraction of sp³-hybridized carbons (Fsp3) is 0.235. The Bertz CT molecular complexity index is 656. The zero-order valence-electron chi connectivity index (χ0n) is 12.0. The van der Waals surface area contributed by atoms with Gasteiger partial charge in [-0.3, -0.25) is 4.79 Å². The Labute approximate surface area is 157 Å². The minimum atomic E-state index is -0.210. The van der Waals surface area contributed by atoms with Crippen molar-refractivity contribution in [1.82, 2.24) is 0 Å². The van der Waals surface area contributed by atoms with Gasteiger partial charge < -0.3 is 0 Å². The number of hydrogen-bond donors (Lipinski definition) is 0. The summed E-state index contributed by atoms with van der Waals surface area (Å²) < 4.78 is 1.60. The molecule has 0 spiro atoms. The second-order valence-corrected chi connectivity index (χ2v) is 7.72. The average molecular weight is 465 g/mol. The van der Waals surface area contributed by atoms with Crippen LogP contribution in [-0.4, -0.2) is 5.78 Å². The van der Waals surface area contributed by atoms with Crippen LogP contribution in [0.2, 0.25) is 10.0 Å². The predicted molar refractivity (Wildman–Crippen MR) is 100 cm³/mol. The second-order valence-electron chi connectivity index (χ2n) is 5.19. The Hall–Kier alpha value is -0.350. The van der Waals surface area contributed by atoms with Gasteiger partial charge in [-0.2, -0.15) is 0 Å². The average Bonchev–Trinajstić information content (AvgIpc) is 2.50. The number of carbonyl (C=O) groups excluding carboxylic acids is 1. The van der Waals surface area contributed by atoms with E-state index in [1.165, 1.54) is 0 Å². The summed E-state index contributed by atoms with van der Waals surface area (Å²) in [5.74, 6) is -0.264. The fourth-order valence-electron chi connectivity index (χ4n) is 2.27. The van der Waals surface area contributed by atoms with E-state index >= 15 is 0 Å². The number of halogens is 4. The highest BCUT2D eigenvalue weighted by Crippen LogP contribution is 2.32. The molecule has 2 aromatic rings. The molecule has 0 aliphatic carbocycles. The van der Waals surface area contributed by atoms with Gasteiger partial charge in [0.2, 0.25) is 0 Å². The summed E-state index contributed by atoms with van der Waals surface area (Å²) in [6.45, 7) is 3.83. The molecule has 116 valence electrons. The smallest absolute Gasteiger partial charge is 0.147 e. The lowest BCUT2D eigenvalue weighted by Gasteiger charge is -2.18. The molecule has 2 aromatic carbocycles. The highest BCUT2D eigenvalue weighted by Gasteiger charge is 2.23. The first-order valence-corrected chi connectivity index (χ1v) is 9.09. The number of hydrogen-bond acceptors (Lipinski definition) is 1. The first kappa shape index (κ1) is 18.0. The molecule has 2 atom stereocenters. The van der Waals surface area contributed by atoms with Crippen molar-refractivity contribution in [3.63, 3.8) is 0 Å². The van der Waals surface area contributed by atoms with Crippen molar-refractivity contribution in [3.8, 4) is 0 Å². The van der Waals surface area contributed by atoms with Crippen LogP contribution < -0.4 is 0 Å². The van der Waals surface area contributed by atoms with E-state index in [-0.39, 0.29) is 17.6 Å². The minimum absolute atomic E-state index is 0.156. The number of benzene rings is 2. The van der Waals surface area contributed by atoms with E-state index in [1.54, 1.807) is 12.1 Å². The highest BCUT2D eigenvalue weighted by atomic mass is 79.9. The molecule has 0 heterocycles. The molecule has 1 nitrogen and oxygen atoms in total. The molecule has 0 bridgehead atoms. The van der Waals surface area contributed by atoms with Crippen LogP contribution in [0.4, 0.5) is 0 Å². The number of carbonyl (C=O) groups is 1. The van der Waals surface area contributed by atoms with Crippen molar-refractivity contribution in [2.45, 2.75) is 25.7 Å². The summed E-state index contributed by atoms with van der Waals surface area (Å²) >= 11 is 18.8. The van der Waals surface area contributed by atoms with Crippen LogP contribution in [0.1, 0.15) is 36.8 Å². The molecule has 0 aliphatic heterocycles.